The summed E-state index contributed by atoms with van der Waals surface area (Å²) in [5, 5.41) is 5.30. The maximum atomic E-state index is 3.17. The first kappa shape index (κ1) is 12.1. The van der Waals surface area contributed by atoms with Crippen molar-refractivity contribution in [1.82, 2.24) is 4.90 Å². The first-order chi connectivity index (χ1) is 8.28. The van der Waals surface area contributed by atoms with Crippen LogP contribution in [0.1, 0.15) is 10.4 Å². The van der Waals surface area contributed by atoms with Crippen molar-refractivity contribution in [3.63, 3.8) is 0 Å². The van der Waals surface area contributed by atoms with Gasteiger partial charge >= 0.3 is 0 Å². The number of nitrogens with one attached hydrogen (secondary N) is 1. The van der Waals surface area contributed by atoms with Gasteiger partial charge in [-0.2, -0.15) is 0 Å². The van der Waals surface area contributed by atoms with E-state index in [1.807, 2.05) is 18.4 Å². The highest BCUT2D eigenvalue weighted by molar-refractivity contribution is 7.09. The van der Waals surface area contributed by atoms with Gasteiger partial charge in [-0.05, 0) is 36.2 Å². The Morgan fingerprint density at radius 3 is 2.76 bits per heavy atom. The van der Waals surface area contributed by atoms with Crippen molar-refractivity contribution in [3.8, 4) is 0 Å². The average Bonchev–Trinajstić information content (AvgIpc) is 2.82. The van der Waals surface area contributed by atoms with Gasteiger partial charge in [0.1, 0.15) is 0 Å². The van der Waals surface area contributed by atoms with Gasteiger partial charge in [-0.3, -0.25) is 4.90 Å². The third kappa shape index (κ3) is 3.58. The van der Waals surface area contributed by atoms with Crippen LogP contribution in [-0.4, -0.2) is 19.0 Å². The molecule has 1 aromatic heterocycles. The zero-order chi connectivity index (χ0) is 12.1. The summed E-state index contributed by atoms with van der Waals surface area (Å²) in [6.45, 7) is 1.99. The van der Waals surface area contributed by atoms with E-state index in [0.717, 1.165) is 13.1 Å². The van der Waals surface area contributed by atoms with Crippen LogP contribution in [0.3, 0.4) is 0 Å². The van der Waals surface area contributed by atoms with Crippen LogP contribution in [-0.2, 0) is 13.1 Å². The Morgan fingerprint density at radius 2 is 2.06 bits per heavy atom. The van der Waals surface area contributed by atoms with Gasteiger partial charge < -0.3 is 5.32 Å². The van der Waals surface area contributed by atoms with Crippen molar-refractivity contribution in [2.45, 2.75) is 13.1 Å². The van der Waals surface area contributed by atoms with E-state index in [9.17, 15) is 0 Å². The number of hydrogen-bond acceptors (Lipinski definition) is 3. The predicted molar refractivity (Wildman–Crippen MR) is 75.5 cm³/mol. The van der Waals surface area contributed by atoms with Crippen LogP contribution in [0, 0.1) is 0 Å². The molecule has 0 aliphatic carbocycles. The van der Waals surface area contributed by atoms with Gasteiger partial charge in [0, 0.05) is 30.7 Å². The highest BCUT2D eigenvalue weighted by Crippen LogP contribution is 2.15. The second-order valence-electron chi connectivity index (χ2n) is 4.20. The molecular weight excluding hydrogens is 228 g/mol. The van der Waals surface area contributed by atoms with Crippen molar-refractivity contribution >= 4 is 17.0 Å². The van der Waals surface area contributed by atoms with Crippen LogP contribution in [0.2, 0.25) is 0 Å². The van der Waals surface area contributed by atoms with E-state index in [-0.39, 0.29) is 0 Å². The zero-order valence-corrected chi connectivity index (χ0v) is 11.1. The molecule has 0 atom stereocenters. The molecule has 0 unspecified atom stereocenters. The minimum absolute atomic E-state index is 0.980. The molecule has 0 fully saturated rings. The molecule has 2 aromatic rings. The van der Waals surface area contributed by atoms with Crippen LogP contribution < -0.4 is 5.32 Å². The maximum absolute atomic E-state index is 3.17. The predicted octanol–water partition coefficient (Wildman–Crippen LogP) is 3.42. The standard InChI is InChI=1S/C14H18N2S/c1-15-13-6-3-5-12(9-13)10-16(2)11-14-7-4-8-17-14/h3-9,15H,10-11H2,1-2H3. The summed E-state index contributed by atoms with van der Waals surface area (Å²) in [7, 11) is 4.11. The molecule has 2 nitrogen and oxygen atoms in total. The topological polar surface area (TPSA) is 15.3 Å². The molecule has 17 heavy (non-hydrogen) atoms. The first-order valence-corrected chi connectivity index (χ1v) is 6.63. The quantitative estimate of drug-likeness (QED) is 0.869. The van der Waals surface area contributed by atoms with Crippen LogP contribution >= 0.6 is 11.3 Å². The van der Waals surface area contributed by atoms with Crippen LogP contribution in [0.4, 0.5) is 5.69 Å². The van der Waals surface area contributed by atoms with Gasteiger partial charge in [0.15, 0.2) is 0 Å². The van der Waals surface area contributed by atoms with E-state index < -0.39 is 0 Å². The van der Waals surface area contributed by atoms with Crippen LogP contribution in [0.25, 0.3) is 0 Å². The molecule has 1 aromatic carbocycles. The molecular formula is C14H18N2S. The number of thiophene rings is 1. The summed E-state index contributed by atoms with van der Waals surface area (Å²) in [5.41, 5.74) is 2.52. The number of nitrogens with zero attached hydrogens (tertiary/aromatic N) is 1. The van der Waals surface area contributed by atoms with E-state index in [2.05, 4.69) is 59.0 Å². The van der Waals surface area contributed by atoms with E-state index in [1.54, 1.807) is 0 Å². The minimum Gasteiger partial charge on any atom is -0.388 e. The summed E-state index contributed by atoms with van der Waals surface area (Å²) < 4.78 is 0. The molecule has 0 radical (unpaired) electrons. The molecule has 0 saturated carbocycles. The molecule has 90 valence electrons. The highest BCUT2D eigenvalue weighted by atomic mass is 32.1. The monoisotopic (exact) mass is 246 g/mol. The number of benzene rings is 1. The van der Waals surface area contributed by atoms with E-state index in [4.69, 9.17) is 0 Å². The van der Waals surface area contributed by atoms with Gasteiger partial charge in [-0.1, -0.05) is 18.2 Å². The summed E-state index contributed by atoms with van der Waals surface area (Å²) in [6, 6.07) is 12.8. The Balaban J connectivity index is 1.95. The summed E-state index contributed by atoms with van der Waals surface area (Å²) >= 11 is 1.82. The Labute approximate surface area is 107 Å². The van der Waals surface area contributed by atoms with Crippen molar-refractivity contribution in [1.29, 1.82) is 0 Å². The lowest BCUT2D eigenvalue weighted by atomic mass is 10.2. The molecule has 3 heteroatoms. The highest BCUT2D eigenvalue weighted by Gasteiger charge is 2.02. The second kappa shape index (κ2) is 5.84. The fourth-order valence-electron chi connectivity index (χ4n) is 1.86. The Bertz CT molecular complexity index is 451. The fraction of sp³-hybridized carbons (Fsp3) is 0.286. The van der Waals surface area contributed by atoms with Crippen LogP contribution in [0.5, 0.6) is 0 Å². The number of rotatable bonds is 5. The third-order valence-corrected chi connectivity index (χ3v) is 3.54. The molecule has 0 spiro atoms. The van der Waals surface area contributed by atoms with Gasteiger partial charge in [0.05, 0.1) is 0 Å². The molecule has 1 N–H and O–H groups in total. The zero-order valence-electron chi connectivity index (χ0n) is 10.3. The van der Waals surface area contributed by atoms with Gasteiger partial charge in [0.2, 0.25) is 0 Å². The van der Waals surface area contributed by atoms with Crippen molar-refractivity contribution in [3.05, 3.63) is 52.2 Å². The molecule has 1 heterocycles. The van der Waals surface area contributed by atoms with Crippen molar-refractivity contribution < 1.29 is 0 Å². The number of anilines is 1. The van der Waals surface area contributed by atoms with E-state index in [0.29, 0.717) is 0 Å². The first-order valence-electron chi connectivity index (χ1n) is 5.75. The lowest BCUT2D eigenvalue weighted by molar-refractivity contribution is 0.322. The third-order valence-electron chi connectivity index (χ3n) is 2.67. The number of hydrogen-bond donors (Lipinski definition) is 1. The van der Waals surface area contributed by atoms with Gasteiger partial charge in [-0.25, -0.2) is 0 Å². The lowest BCUT2D eigenvalue weighted by Crippen LogP contribution is -2.16. The molecule has 0 amide bonds. The molecule has 0 aliphatic heterocycles. The van der Waals surface area contributed by atoms with E-state index in [1.165, 1.54) is 16.1 Å². The normalized spacial score (nSPS) is 10.8. The van der Waals surface area contributed by atoms with Crippen molar-refractivity contribution in [2.24, 2.45) is 0 Å². The lowest BCUT2D eigenvalue weighted by Gasteiger charge is -2.16. The largest absolute Gasteiger partial charge is 0.388 e. The summed E-state index contributed by atoms with van der Waals surface area (Å²) in [5.74, 6) is 0. The van der Waals surface area contributed by atoms with E-state index >= 15 is 0 Å². The Morgan fingerprint density at radius 1 is 1.18 bits per heavy atom. The fourth-order valence-corrected chi connectivity index (χ4v) is 2.65. The smallest absolute Gasteiger partial charge is 0.0340 e. The Kier molecular flexibility index (Phi) is 4.18. The van der Waals surface area contributed by atoms with Crippen molar-refractivity contribution in [2.75, 3.05) is 19.4 Å². The summed E-state index contributed by atoms with van der Waals surface area (Å²) in [4.78, 5) is 3.75. The molecule has 0 saturated heterocycles. The Hall–Kier alpha value is -1.32. The SMILES string of the molecule is CNc1cccc(CN(C)Cc2cccs2)c1. The molecule has 0 bridgehead atoms. The maximum Gasteiger partial charge on any atom is 0.0340 e. The average molecular weight is 246 g/mol. The van der Waals surface area contributed by atoms with Crippen LogP contribution in [0.15, 0.2) is 41.8 Å². The van der Waals surface area contributed by atoms with Gasteiger partial charge in [0.25, 0.3) is 0 Å². The minimum atomic E-state index is 0.980. The summed E-state index contributed by atoms with van der Waals surface area (Å²) in [6.07, 6.45) is 0. The molecule has 2 rings (SSSR count). The second-order valence-corrected chi connectivity index (χ2v) is 5.23. The van der Waals surface area contributed by atoms with Gasteiger partial charge in [-0.15, -0.1) is 11.3 Å². The molecule has 0 aliphatic rings.